The van der Waals surface area contributed by atoms with Gasteiger partial charge in [0, 0.05) is 17.8 Å². The average Bonchev–Trinajstić information content (AvgIpc) is 2.79. The highest BCUT2D eigenvalue weighted by molar-refractivity contribution is 5.88. The topological polar surface area (TPSA) is 63.6 Å². The zero-order chi connectivity index (χ0) is 21.7. The molecule has 1 N–H and O–H groups in total. The highest BCUT2D eigenvalue weighted by Crippen LogP contribution is 2.59. The number of allylic oxidation sites excluding steroid dienone is 1. The Labute approximate surface area is 177 Å². The van der Waals surface area contributed by atoms with Crippen LogP contribution in [0.25, 0.3) is 11.6 Å². The van der Waals surface area contributed by atoms with Gasteiger partial charge in [0.25, 0.3) is 0 Å². The van der Waals surface area contributed by atoms with Crippen molar-refractivity contribution in [1.29, 1.82) is 0 Å². The molecule has 3 unspecified atom stereocenters. The Morgan fingerprint density at radius 2 is 1.57 bits per heavy atom. The smallest absolute Gasteiger partial charge is 0.335 e. The van der Waals surface area contributed by atoms with Crippen LogP contribution in [0.15, 0.2) is 42.5 Å². The quantitative estimate of drug-likeness (QED) is 0.533. The van der Waals surface area contributed by atoms with E-state index >= 15 is 0 Å². The van der Waals surface area contributed by atoms with Crippen LogP contribution in [0, 0.1) is 0 Å². The summed E-state index contributed by atoms with van der Waals surface area (Å²) in [6, 6.07) is 13.5. The summed E-state index contributed by atoms with van der Waals surface area (Å²) in [7, 11) is 0. The summed E-state index contributed by atoms with van der Waals surface area (Å²) in [5.41, 5.74) is 5.77. The number of benzene rings is 2. The number of hydrogen-bond donors (Lipinski definition) is 1. The number of carbonyl (C=O) groups is 2. The number of esters is 1. The zero-order valence-electron chi connectivity index (χ0n) is 18.0. The van der Waals surface area contributed by atoms with Crippen molar-refractivity contribution in [2.75, 3.05) is 0 Å². The lowest BCUT2D eigenvalue weighted by Gasteiger charge is -2.43. The van der Waals surface area contributed by atoms with Gasteiger partial charge in [-0.25, -0.2) is 4.79 Å². The summed E-state index contributed by atoms with van der Waals surface area (Å²) in [4.78, 5) is 22.9. The molecule has 2 aromatic rings. The molecule has 4 rings (SSSR count). The first-order valence-electron chi connectivity index (χ1n) is 10.5. The van der Waals surface area contributed by atoms with Crippen LogP contribution < -0.4 is 0 Å². The van der Waals surface area contributed by atoms with Crippen molar-refractivity contribution >= 4 is 23.6 Å². The Hall–Kier alpha value is -2.88. The van der Waals surface area contributed by atoms with E-state index in [2.05, 4.69) is 45.0 Å². The molecule has 2 aliphatic rings. The molecule has 0 radical (unpaired) electrons. The van der Waals surface area contributed by atoms with Crippen molar-refractivity contribution in [3.05, 3.63) is 70.3 Å². The van der Waals surface area contributed by atoms with Gasteiger partial charge in [-0.05, 0) is 59.7 Å². The lowest BCUT2D eigenvalue weighted by atomic mass is 9.66. The van der Waals surface area contributed by atoms with E-state index in [1.54, 1.807) is 12.1 Å². The molecule has 4 nitrogen and oxygen atoms in total. The summed E-state index contributed by atoms with van der Waals surface area (Å²) >= 11 is 0. The number of carboxylic acid groups (broad SMARTS) is 1. The van der Waals surface area contributed by atoms with E-state index < -0.39 is 5.97 Å². The first kappa shape index (κ1) is 20.4. The molecule has 1 fully saturated rings. The normalized spacial score (nSPS) is 27.5. The van der Waals surface area contributed by atoms with Gasteiger partial charge in [0.15, 0.2) is 0 Å². The second-order valence-electron chi connectivity index (χ2n) is 9.19. The third-order valence-electron chi connectivity index (χ3n) is 7.08. The molecule has 2 bridgehead atoms. The third-order valence-corrected chi connectivity index (χ3v) is 7.08. The fraction of sp³-hybridized carbons (Fsp3) is 0.385. The highest BCUT2D eigenvalue weighted by atomic mass is 16.5. The van der Waals surface area contributed by atoms with Crippen LogP contribution in [0.5, 0.6) is 0 Å². The minimum Gasteiger partial charge on any atom is -0.478 e. The number of carboxylic acids is 1. The lowest BCUT2D eigenvalue weighted by molar-refractivity contribution is -0.156. The fourth-order valence-corrected chi connectivity index (χ4v) is 5.58. The average molecular weight is 405 g/mol. The molecule has 2 aliphatic carbocycles. The number of carbonyl (C=O) groups excluding carboxylic acids is 1. The predicted octanol–water partition coefficient (Wildman–Crippen LogP) is 5.59. The van der Waals surface area contributed by atoms with Crippen LogP contribution in [0.2, 0.25) is 0 Å². The molecular weight excluding hydrogens is 376 g/mol. The monoisotopic (exact) mass is 404 g/mol. The van der Waals surface area contributed by atoms with Crippen molar-refractivity contribution in [2.45, 2.75) is 63.9 Å². The van der Waals surface area contributed by atoms with Crippen LogP contribution in [0.3, 0.4) is 0 Å². The molecule has 0 spiro atoms. The molecule has 0 saturated heterocycles. The second kappa shape index (κ2) is 7.12. The summed E-state index contributed by atoms with van der Waals surface area (Å²) in [5, 5.41) is 9.07. The maximum Gasteiger partial charge on any atom is 0.335 e. The highest BCUT2D eigenvalue weighted by Gasteiger charge is 2.59. The number of rotatable bonds is 4. The number of hydrogen-bond acceptors (Lipinski definition) is 3. The standard InChI is InChI=1S/C26H28O4/c1-16(14-18-6-8-19(9-7-18)23(28)29)20-10-11-21-22(15-20)26(4)13-5-12-25(21,3)24(26)30-17(2)27/h6-11,14-15,24H,5,12-13H2,1-4H3,(H,28,29)/b16-14+. The molecule has 0 amide bonds. The van der Waals surface area contributed by atoms with Gasteiger partial charge in [-0.3, -0.25) is 4.79 Å². The van der Waals surface area contributed by atoms with Gasteiger partial charge in [-0.15, -0.1) is 0 Å². The van der Waals surface area contributed by atoms with Crippen LogP contribution in [0.1, 0.15) is 79.6 Å². The van der Waals surface area contributed by atoms with Crippen molar-refractivity contribution in [1.82, 2.24) is 0 Å². The molecule has 0 aromatic heterocycles. The molecular formula is C26H28O4. The maximum absolute atomic E-state index is 11.8. The minimum absolute atomic E-state index is 0.130. The van der Waals surface area contributed by atoms with Crippen LogP contribution >= 0.6 is 0 Å². The Kier molecular flexibility index (Phi) is 4.84. The summed E-state index contributed by atoms with van der Waals surface area (Å²) in [6.07, 6.45) is 5.10. The number of fused-ring (bicyclic) bond motifs is 5. The van der Waals surface area contributed by atoms with Crippen molar-refractivity contribution in [2.24, 2.45) is 0 Å². The van der Waals surface area contributed by atoms with E-state index in [1.807, 2.05) is 12.1 Å². The first-order chi connectivity index (χ1) is 14.1. The fourth-order valence-electron chi connectivity index (χ4n) is 5.58. The molecule has 2 aromatic carbocycles. The third kappa shape index (κ3) is 3.15. The Morgan fingerprint density at radius 3 is 2.17 bits per heavy atom. The lowest BCUT2D eigenvalue weighted by Crippen LogP contribution is -2.49. The molecule has 0 aliphatic heterocycles. The molecule has 3 atom stereocenters. The Balaban J connectivity index is 1.72. The second-order valence-corrected chi connectivity index (χ2v) is 9.19. The van der Waals surface area contributed by atoms with E-state index in [1.165, 1.54) is 18.1 Å². The Bertz CT molecular complexity index is 1050. The summed E-state index contributed by atoms with van der Waals surface area (Å²) < 4.78 is 5.89. The van der Waals surface area contributed by atoms with E-state index in [9.17, 15) is 9.59 Å². The predicted molar refractivity (Wildman–Crippen MR) is 117 cm³/mol. The van der Waals surface area contributed by atoms with Crippen LogP contribution in [0.4, 0.5) is 0 Å². The largest absolute Gasteiger partial charge is 0.478 e. The zero-order valence-corrected chi connectivity index (χ0v) is 18.0. The van der Waals surface area contributed by atoms with Gasteiger partial charge in [-0.1, -0.05) is 56.7 Å². The van der Waals surface area contributed by atoms with Gasteiger partial charge >= 0.3 is 11.9 Å². The van der Waals surface area contributed by atoms with Gasteiger partial charge < -0.3 is 9.84 Å². The molecule has 0 heterocycles. The molecule has 30 heavy (non-hydrogen) atoms. The van der Waals surface area contributed by atoms with Gasteiger partial charge in [0.05, 0.1) is 5.56 Å². The molecule has 1 saturated carbocycles. The Morgan fingerprint density at radius 1 is 0.967 bits per heavy atom. The van der Waals surface area contributed by atoms with Crippen molar-refractivity contribution in [3.63, 3.8) is 0 Å². The maximum atomic E-state index is 11.8. The van der Waals surface area contributed by atoms with E-state index in [0.717, 1.165) is 36.0 Å². The van der Waals surface area contributed by atoms with Crippen molar-refractivity contribution in [3.8, 4) is 0 Å². The number of aromatic carboxylic acids is 1. The van der Waals surface area contributed by atoms with Crippen LogP contribution in [-0.2, 0) is 20.4 Å². The van der Waals surface area contributed by atoms with Crippen molar-refractivity contribution < 1.29 is 19.4 Å². The van der Waals surface area contributed by atoms with Gasteiger partial charge in [0.2, 0.25) is 0 Å². The number of ether oxygens (including phenoxy) is 1. The summed E-state index contributed by atoms with van der Waals surface area (Å²) in [5.74, 6) is -1.13. The minimum atomic E-state index is -0.920. The van der Waals surface area contributed by atoms with Crippen LogP contribution in [-0.4, -0.2) is 23.1 Å². The van der Waals surface area contributed by atoms with Gasteiger partial charge in [0.1, 0.15) is 6.10 Å². The van der Waals surface area contributed by atoms with E-state index in [0.29, 0.717) is 0 Å². The summed E-state index contributed by atoms with van der Waals surface area (Å²) in [6.45, 7) is 8.04. The van der Waals surface area contributed by atoms with E-state index in [4.69, 9.17) is 9.84 Å². The SMILES string of the molecule is CC(=O)OC1C2(C)CCCC1(C)c1cc(/C(C)=C/c3ccc(C(=O)O)cc3)ccc12. The van der Waals surface area contributed by atoms with Gasteiger partial charge in [-0.2, -0.15) is 0 Å². The van der Waals surface area contributed by atoms with E-state index in [-0.39, 0.29) is 28.5 Å². The molecule has 156 valence electrons. The first-order valence-corrected chi connectivity index (χ1v) is 10.5. The molecule has 4 heteroatoms.